The molecule has 0 saturated heterocycles. The molecule has 0 unspecified atom stereocenters. The number of halogens is 2. The smallest absolute Gasteiger partial charge is 0.139 e. The first-order chi connectivity index (χ1) is 9.19. The van der Waals surface area contributed by atoms with Gasteiger partial charge in [0.25, 0.3) is 0 Å². The van der Waals surface area contributed by atoms with Crippen LogP contribution in [0.4, 0.5) is 10.1 Å². The van der Waals surface area contributed by atoms with Gasteiger partial charge in [-0.1, -0.05) is 12.1 Å². The SMILES string of the molecule is CCOc1ccc(CNc2ccc(Br)c(F)c2)cc1. The molecule has 0 radical (unpaired) electrons. The summed E-state index contributed by atoms with van der Waals surface area (Å²) in [5, 5.41) is 3.18. The normalized spacial score (nSPS) is 10.3. The van der Waals surface area contributed by atoms with Crippen molar-refractivity contribution in [1.82, 2.24) is 0 Å². The fraction of sp³-hybridized carbons (Fsp3) is 0.200. The van der Waals surface area contributed by atoms with Crippen LogP contribution in [0, 0.1) is 5.82 Å². The summed E-state index contributed by atoms with van der Waals surface area (Å²) in [7, 11) is 0. The molecular weight excluding hydrogens is 309 g/mol. The number of nitrogens with one attached hydrogen (secondary N) is 1. The third-order valence-corrected chi connectivity index (χ3v) is 3.29. The van der Waals surface area contributed by atoms with Crippen LogP contribution in [0.2, 0.25) is 0 Å². The van der Waals surface area contributed by atoms with E-state index in [4.69, 9.17) is 4.74 Å². The first-order valence-electron chi connectivity index (χ1n) is 6.09. The number of hydrogen-bond acceptors (Lipinski definition) is 2. The molecular formula is C15H15BrFNO. The molecule has 19 heavy (non-hydrogen) atoms. The van der Waals surface area contributed by atoms with Crippen molar-refractivity contribution in [2.24, 2.45) is 0 Å². The number of anilines is 1. The van der Waals surface area contributed by atoms with Crippen LogP contribution in [0.15, 0.2) is 46.9 Å². The topological polar surface area (TPSA) is 21.3 Å². The van der Waals surface area contributed by atoms with Gasteiger partial charge in [-0.25, -0.2) is 4.39 Å². The fourth-order valence-corrected chi connectivity index (χ4v) is 1.93. The monoisotopic (exact) mass is 323 g/mol. The van der Waals surface area contributed by atoms with E-state index >= 15 is 0 Å². The summed E-state index contributed by atoms with van der Waals surface area (Å²) < 4.78 is 19.2. The van der Waals surface area contributed by atoms with E-state index in [1.165, 1.54) is 6.07 Å². The molecule has 0 heterocycles. The van der Waals surface area contributed by atoms with Crippen molar-refractivity contribution >= 4 is 21.6 Å². The summed E-state index contributed by atoms with van der Waals surface area (Å²) in [6, 6.07) is 12.8. The maximum atomic E-state index is 13.3. The highest BCUT2D eigenvalue weighted by atomic mass is 79.9. The molecule has 0 aromatic heterocycles. The van der Waals surface area contributed by atoms with E-state index in [2.05, 4.69) is 21.2 Å². The Bertz CT molecular complexity index is 542. The summed E-state index contributed by atoms with van der Waals surface area (Å²) in [4.78, 5) is 0. The lowest BCUT2D eigenvalue weighted by Gasteiger charge is -2.08. The van der Waals surface area contributed by atoms with Gasteiger partial charge in [0.1, 0.15) is 11.6 Å². The van der Waals surface area contributed by atoms with Gasteiger partial charge in [-0.3, -0.25) is 0 Å². The van der Waals surface area contributed by atoms with Crippen LogP contribution < -0.4 is 10.1 Å². The van der Waals surface area contributed by atoms with Gasteiger partial charge < -0.3 is 10.1 Å². The number of ether oxygens (including phenoxy) is 1. The Morgan fingerprint density at radius 2 is 1.89 bits per heavy atom. The minimum absolute atomic E-state index is 0.267. The highest BCUT2D eigenvalue weighted by Crippen LogP contribution is 2.20. The Kier molecular flexibility index (Phi) is 4.80. The lowest BCUT2D eigenvalue weighted by Crippen LogP contribution is -2.00. The molecule has 1 N–H and O–H groups in total. The van der Waals surface area contributed by atoms with Crippen molar-refractivity contribution in [1.29, 1.82) is 0 Å². The van der Waals surface area contributed by atoms with Crippen molar-refractivity contribution < 1.29 is 9.13 Å². The van der Waals surface area contributed by atoms with E-state index in [0.29, 0.717) is 17.6 Å². The predicted molar refractivity (Wildman–Crippen MR) is 79.0 cm³/mol. The second kappa shape index (κ2) is 6.57. The highest BCUT2D eigenvalue weighted by Gasteiger charge is 2.00. The molecule has 100 valence electrons. The predicted octanol–water partition coefficient (Wildman–Crippen LogP) is 4.60. The van der Waals surface area contributed by atoms with E-state index < -0.39 is 0 Å². The zero-order valence-electron chi connectivity index (χ0n) is 10.6. The van der Waals surface area contributed by atoms with Crippen molar-refractivity contribution in [3.05, 3.63) is 58.3 Å². The average Bonchev–Trinajstić information content (AvgIpc) is 2.42. The maximum absolute atomic E-state index is 13.3. The van der Waals surface area contributed by atoms with Crippen molar-refractivity contribution in [3.63, 3.8) is 0 Å². The molecule has 4 heteroatoms. The number of hydrogen-bond donors (Lipinski definition) is 1. The van der Waals surface area contributed by atoms with E-state index in [1.54, 1.807) is 6.07 Å². The minimum Gasteiger partial charge on any atom is -0.494 e. The average molecular weight is 324 g/mol. The number of benzene rings is 2. The second-order valence-corrected chi connectivity index (χ2v) is 4.91. The lowest BCUT2D eigenvalue weighted by molar-refractivity contribution is 0.340. The van der Waals surface area contributed by atoms with Gasteiger partial charge in [-0.2, -0.15) is 0 Å². The third kappa shape index (κ3) is 3.96. The summed E-state index contributed by atoms with van der Waals surface area (Å²) in [6.07, 6.45) is 0. The van der Waals surface area contributed by atoms with E-state index in [0.717, 1.165) is 17.0 Å². The van der Waals surface area contributed by atoms with Crippen LogP contribution >= 0.6 is 15.9 Å². The van der Waals surface area contributed by atoms with Gasteiger partial charge >= 0.3 is 0 Å². The molecule has 0 saturated carbocycles. The van der Waals surface area contributed by atoms with Crippen molar-refractivity contribution in [3.8, 4) is 5.75 Å². The van der Waals surface area contributed by atoms with E-state index in [-0.39, 0.29) is 5.82 Å². The van der Waals surface area contributed by atoms with Crippen molar-refractivity contribution in [2.45, 2.75) is 13.5 Å². The molecule has 0 aliphatic rings. The summed E-state index contributed by atoms with van der Waals surface area (Å²) in [5.41, 5.74) is 1.88. The molecule has 2 aromatic carbocycles. The molecule has 0 aliphatic carbocycles. The van der Waals surface area contributed by atoms with Gasteiger partial charge in [0.15, 0.2) is 0 Å². The fourth-order valence-electron chi connectivity index (χ4n) is 1.68. The highest BCUT2D eigenvalue weighted by molar-refractivity contribution is 9.10. The Labute approximate surface area is 120 Å². The van der Waals surface area contributed by atoms with Gasteiger partial charge in [-0.15, -0.1) is 0 Å². The molecule has 0 fully saturated rings. The zero-order valence-corrected chi connectivity index (χ0v) is 12.2. The van der Waals surface area contributed by atoms with Crippen LogP contribution in [0.25, 0.3) is 0 Å². The molecule has 0 bridgehead atoms. The van der Waals surface area contributed by atoms with E-state index in [1.807, 2.05) is 37.3 Å². The molecule has 0 aliphatic heterocycles. The molecule has 0 atom stereocenters. The van der Waals surface area contributed by atoms with Crippen LogP contribution in [-0.4, -0.2) is 6.61 Å². The molecule has 2 rings (SSSR count). The Morgan fingerprint density at radius 1 is 1.16 bits per heavy atom. The Hall–Kier alpha value is -1.55. The van der Waals surface area contributed by atoms with Gasteiger partial charge in [0, 0.05) is 12.2 Å². The van der Waals surface area contributed by atoms with Crippen LogP contribution in [0.5, 0.6) is 5.75 Å². The third-order valence-electron chi connectivity index (χ3n) is 2.65. The molecule has 2 aromatic rings. The van der Waals surface area contributed by atoms with Crippen LogP contribution in [0.1, 0.15) is 12.5 Å². The first kappa shape index (κ1) is 13.9. The lowest BCUT2D eigenvalue weighted by atomic mass is 10.2. The molecule has 0 spiro atoms. The zero-order chi connectivity index (χ0) is 13.7. The Morgan fingerprint density at radius 3 is 2.53 bits per heavy atom. The van der Waals surface area contributed by atoms with Gasteiger partial charge in [0.05, 0.1) is 11.1 Å². The largest absolute Gasteiger partial charge is 0.494 e. The quantitative estimate of drug-likeness (QED) is 0.868. The summed E-state index contributed by atoms with van der Waals surface area (Å²) >= 11 is 3.13. The summed E-state index contributed by atoms with van der Waals surface area (Å²) in [6.45, 7) is 3.26. The van der Waals surface area contributed by atoms with Crippen LogP contribution in [-0.2, 0) is 6.54 Å². The summed E-state index contributed by atoms with van der Waals surface area (Å²) in [5.74, 6) is 0.595. The standard InChI is InChI=1S/C15H15BrFNO/c1-2-19-13-6-3-11(4-7-13)10-18-12-5-8-14(16)15(17)9-12/h3-9,18H,2,10H2,1H3. The van der Waals surface area contributed by atoms with E-state index in [9.17, 15) is 4.39 Å². The van der Waals surface area contributed by atoms with Crippen molar-refractivity contribution in [2.75, 3.05) is 11.9 Å². The minimum atomic E-state index is -0.267. The van der Waals surface area contributed by atoms with Gasteiger partial charge in [0.2, 0.25) is 0 Å². The first-order valence-corrected chi connectivity index (χ1v) is 6.89. The number of rotatable bonds is 5. The molecule has 2 nitrogen and oxygen atoms in total. The Balaban J connectivity index is 1.96. The molecule has 0 amide bonds. The second-order valence-electron chi connectivity index (χ2n) is 4.06. The maximum Gasteiger partial charge on any atom is 0.139 e. The van der Waals surface area contributed by atoms with Gasteiger partial charge in [-0.05, 0) is 58.7 Å². The van der Waals surface area contributed by atoms with Crippen LogP contribution in [0.3, 0.4) is 0 Å².